The van der Waals surface area contributed by atoms with Crippen LogP contribution in [0.4, 0.5) is 10.6 Å². The van der Waals surface area contributed by atoms with Crippen molar-refractivity contribution in [2.45, 2.75) is 45.8 Å². The zero-order valence-electron chi connectivity index (χ0n) is 20.4. The Bertz CT molecular complexity index is 1190. The number of H-pyrrole nitrogens is 1. The molecule has 9 nitrogen and oxygen atoms in total. The number of nitrogens with two attached hydrogens (primary N) is 2. The van der Waals surface area contributed by atoms with Crippen LogP contribution in [0.2, 0.25) is 0 Å². The van der Waals surface area contributed by atoms with Crippen molar-refractivity contribution in [2.75, 3.05) is 12.4 Å². The van der Waals surface area contributed by atoms with E-state index in [1.807, 2.05) is 77.1 Å². The number of hydrogen-bond donors (Lipinski definition) is 5. The number of aromatic nitrogens is 1. The van der Waals surface area contributed by atoms with Gasteiger partial charge in [-0.15, -0.1) is 0 Å². The lowest BCUT2D eigenvalue weighted by molar-refractivity contribution is -0.106. The third-order valence-corrected chi connectivity index (χ3v) is 5.03. The molecule has 34 heavy (non-hydrogen) atoms. The Labute approximate surface area is 199 Å². The summed E-state index contributed by atoms with van der Waals surface area (Å²) in [4.78, 5) is 35.9. The number of primary amides is 2. The van der Waals surface area contributed by atoms with E-state index in [2.05, 4.69) is 21.4 Å². The van der Waals surface area contributed by atoms with E-state index in [0.29, 0.717) is 11.4 Å². The highest BCUT2D eigenvalue weighted by Crippen LogP contribution is 2.32. The Morgan fingerprint density at radius 1 is 1.03 bits per heavy atom. The molecule has 0 fully saturated rings. The zero-order chi connectivity index (χ0) is 25.7. The molecule has 1 aromatic heterocycles. The second-order valence-electron chi connectivity index (χ2n) is 9.22. The molecule has 3 amide bonds. The van der Waals surface area contributed by atoms with Crippen LogP contribution in [0.25, 0.3) is 22.0 Å². The first-order chi connectivity index (χ1) is 15.8. The molecule has 0 unspecified atom stereocenters. The van der Waals surface area contributed by atoms with Gasteiger partial charge in [-0.25, -0.2) is 4.79 Å². The lowest BCUT2D eigenvalue weighted by Crippen LogP contribution is -2.43. The standard InChI is InChI=1S/C24H30N4O3.CH3NO/c1-23(2,3)31-22(30)28-24(4,5)16-9-7-8-14(12-16)15-10-11-17-18(13-15)27-21(26-6)19(17)20(25)29;2-1-3/h7-13,26-27H,1-6H3,(H2,25,29)(H,28,30);1H,(H2,2,3). The molecule has 7 N–H and O–H groups in total. The molecule has 0 aliphatic carbocycles. The number of nitrogens with one attached hydrogen (secondary N) is 3. The van der Waals surface area contributed by atoms with Crippen molar-refractivity contribution in [1.29, 1.82) is 0 Å². The third-order valence-electron chi connectivity index (χ3n) is 5.03. The number of anilines is 1. The van der Waals surface area contributed by atoms with E-state index in [1.165, 1.54) is 0 Å². The highest BCUT2D eigenvalue weighted by Gasteiger charge is 2.26. The van der Waals surface area contributed by atoms with E-state index in [0.717, 1.165) is 27.6 Å². The molecule has 0 aliphatic rings. The number of aromatic amines is 1. The van der Waals surface area contributed by atoms with Crippen molar-refractivity contribution < 1.29 is 19.1 Å². The van der Waals surface area contributed by atoms with Gasteiger partial charge in [0.1, 0.15) is 11.4 Å². The topological polar surface area (TPSA) is 152 Å². The fourth-order valence-corrected chi connectivity index (χ4v) is 3.54. The number of ether oxygens (including phenoxy) is 1. The van der Waals surface area contributed by atoms with Gasteiger partial charge >= 0.3 is 6.09 Å². The molecule has 9 heteroatoms. The molecule has 0 atom stereocenters. The highest BCUT2D eigenvalue weighted by atomic mass is 16.6. The van der Waals surface area contributed by atoms with Gasteiger partial charge in [0.15, 0.2) is 0 Å². The van der Waals surface area contributed by atoms with Crippen molar-refractivity contribution in [3.05, 3.63) is 53.6 Å². The molecule has 1 heterocycles. The number of rotatable bonds is 5. The first-order valence-electron chi connectivity index (χ1n) is 10.7. The minimum absolute atomic E-state index is 0.250. The second kappa shape index (κ2) is 10.3. The SMILES string of the molecule is CNc1[nH]c2cc(-c3cccc(C(C)(C)NC(=O)OC(C)(C)C)c3)ccc2c1C(N)=O.NC=O. The van der Waals surface area contributed by atoms with E-state index >= 15 is 0 Å². The summed E-state index contributed by atoms with van der Waals surface area (Å²) in [6.07, 6.45) is -0.214. The quantitative estimate of drug-likeness (QED) is 0.361. The lowest BCUT2D eigenvalue weighted by atomic mass is 9.91. The van der Waals surface area contributed by atoms with Gasteiger partial charge in [-0.1, -0.05) is 30.3 Å². The molecule has 182 valence electrons. The first-order valence-corrected chi connectivity index (χ1v) is 10.7. The summed E-state index contributed by atoms with van der Waals surface area (Å²) < 4.78 is 5.40. The fraction of sp³-hybridized carbons (Fsp3) is 0.320. The van der Waals surface area contributed by atoms with Gasteiger partial charge in [0, 0.05) is 18.0 Å². The maximum Gasteiger partial charge on any atom is 0.408 e. The Morgan fingerprint density at radius 2 is 1.65 bits per heavy atom. The first kappa shape index (κ1) is 26.2. The molecule has 2 aromatic carbocycles. The minimum Gasteiger partial charge on any atom is -0.444 e. The van der Waals surface area contributed by atoms with E-state index < -0.39 is 23.1 Å². The predicted octanol–water partition coefficient (Wildman–Crippen LogP) is 3.84. The fourth-order valence-electron chi connectivity index (χ4n) is 3.54. The highest BCUT2D eigenvalue weighted by molar-refractivity contribution is 6.11. The van der Waals surface area contributed by atoms with Gasteiger partial charge in [0.05, 0.1) is 11.1 Å². The maximum atomic E-state index is 12.3. The minimum atomic E-state index is -0.632. The number of benzene rings is 2. The Balaban J connectivity index is 0.00000129. The van der Waals surface area contributed by atoms with Crippen LogP contribution >= 0.6 is 0 Å². The Kier molecular flexibility index (Phi) is 7.94. The van der Waals surface area contributed by atoms with Crippen LogP contribution in [-0.4, -0.2) is 36.0 Å². The van der Waals surface area contributed by atoms with Crippen LogP contribution < -0.4 is 22.1 Å². The van der Waals surface area contributed by atoms with Gasteiger partial charge in [-0.3, -0.25) is 9.59 Å². The van der Waals surface area contributed by atoms with Crippen molar-refractivity contribution in [3.8, 4) is 11.1 Å². The summed E-state index contributed by atoms with van der Waals surface area (Å²) in [6.45, 7) is 9.37. The number of carbonyl (C=O) groups excluding carboxylic acids is 3. The smallest absolute Gasteiger partial charge is 0.408 e. The van der Waals surface area contributed by atoms with Crippen LogP contribution in [0, 0.1) is 0 Å². The molecule has 0 saturated carbocycles. The van der Waals surface area contributed by atoms with Crippen molar-refractivity contribution in [2.24, 2.45) is 11.5 Å². The molecule has 0 radical (unpaired) electrons. The monoisotopic (exact) mass is 467 g/mol. The van der Waals surface area contributed by atoms with Crippen LogP contribution in [0.3, 0.4) is 0 Å². The molecule has 0 aliphatic heterocycles. The average molecular weight is 468 g/mol. The van der Waals surface area contributed by atoms with Crippen LogP contribution in [0.5, 0.6) is 0 Å². The van der Waals surface area contributed by atoms with Crippen LogP contribution in [-0.2, 0) is 15.1 Å². The summed E-state index contributed by atoms with van der Waals surface area (Å²) in [7, 11) is 1.74. The molecule has 0 spiro atoms. The van der Waals surface area contributed by atoms with Crippen LogP contribution in [0.1, 0.15) is 50.5 Å². The lowest BCUT2D eigenvalue weighted by Gasteiger charge is -2.29. The molecular weight excluding hydrogens is 434 g/mol. The summed E-state index contributed by atoms with van der Waals surface area (Å²) in [5.74, 6) is 0.108. The third kappa shape index (κ3) is 6.28. The second-order valence-corrected chi connectivity index (χ2v) is 9.22. The van der Waals surface area contributed by atoms with Gasteiger partial charge in [-0.2, -0.15) is 0 Å². The van der Waals surface area contributed by atoms with Gasteiger partial charge in [0.25, 0.3) is 5.91 Å². The molecule has 3 rings (SSSR count). The number of hydrogen-bond acceptors (Lipinski definition) is 5. The number of fused-ring (bicyclic) bond motifs is 1. The number of amides is 3. The Hall–Kier alpha value is -4.01. The average Bonchev–Trinajstić information content (AvgIpc) is 3.10. The number of alkyl carbamates (subject to hydrolysis) is 1. The zero-order valence-corrected chi connectivity index (χ0v) is 20.4. The summed E-state index contributed by atoms with van der Waals surface area (Å²) in [5, 5.41) is 6.69. The normalized spacial score (nSPS) is 11.2. The van der Waals surface area contributed by atoms with E-state index in [4.69, 9.17) is 15.3 Å². The molecular formula is C25H33N5O4. The predicted molar refractivity (Wildman–Crippen MR) is 134 cm³/mol. The van der Waals surface area contributed by atoms with Gasteiger partial charge in [0.2, 0.25) is 6.41 Å². The molecule has 0 saturated heterocycles. The van der Waals surface area contributed by atoms with Crippen LogP contribution in [0.15, 0.2) is 42.5 Å². The Morgan fingerprint density at radius 3 is 2.21 bits per heavy atom. The summed E-state index contributed by atoms with van der Waals surface area (Å²) in [5.41, 5.74) is 12.7. The van der Waals surface area contributed by atoms with E-state index in [9.17, 15) is 9.59 Å². The number of carbonyl (C=O) groups is 3. The van der Waals surface area contributed by atoms with Crippen molar-refractivity contribution in [3.63, 3.8) is 0 Å². The molecule has 3 aromatic rings. The van der Waals surface area contributed by atoms with Gasteiger partial charge in [-0.05, 0) is 63.4 Å². The summed E-state index contributed by atoms with van der Waals surface area (Å²) in [6, 6.07) is 13.8. The van der Waals surface area contributed by atoms with Gasteiger partial charge < -0.3 is 31.8 Å². The largest absolute Gasteiger partial charge is 0.444 e. The maximum absolute atomic E-state index is 12.3. The van der Waals surface area contributed by atoms with E-state index in [-0.39, 0.29) is 6.41 Å². The molecule has 0 bridgehead atoms. The van der Waals surface area contributed by atoms with Crippen molar-refractivity contribution >= 4 is 35.1 Å². The summed E-state index contributed by atoms with van der Waals surface area (Å²) >= 11 is 0. The van der Waals surface area contributed by atoms with E-state index in [1.54, 1.807) is 7.05 Å². The van der Waals surface area contributed by atoms with Crippen molar-refractivity contribution in [1.82, 2.24) is 10.3 Å².